The first kappa shape index (κ1) is 16.7. The van der Waals surface area contributed by atoms with Crippen molar-refractivity contribution >= 4 is 28.8 Å². The predicted molar refractivity (Wildman–Crippen MR) is 93.6 cm³/mol. The number of aromatic nitrogens is 1. The van der Waals surface area contributed by atoms with Crippen LogP contribution in [0.4, 0.5) is 14.5 Å². The van der Waals surface area contributed by atoms with E-state index in [1.165, 1.54) is 6.20 Å². The number of nitrogens with one attached hydrogen (secondary N) is 1. The van der Waals surface area contributed by atoms with Gasteiger partial charge < -0.3 is 19.9 Å². The number of hydrogen-bond acceptors (Lipinski definition) is 4. The maximum atomic E-state index is 15.3. The van der Waals surface area contributed by atoms with Gasteiger partial charge in [-0.1, -0.05) is 6.58 Å². The summed E-state index contributed by atoms with van der Waals surface area (Å²) in [5.74, 6) is -3.20. The number of nitrogens with zero attached hydrogens (tertiary/aromatic N) is 2. The Labute approximate surface area is 147 Å². The van der Waals surface area contributed by atoms with Gasteiger partial charge in [0.25, 0.3) is 0 Å². The number of piperazine rings is 1. The van der Waals surface area contributed by atoms with Crippen LogP contribution in [0.1, 0.15) is 23.2 Å². The molecule has 0 spiro atoms. The van der Waals surface area contributed by atoms with Gasteiger partial charge in [0.2, 0.25) is 5.43 Å². The minimum atomic E-state index is -1.46. The molecule has 3 saturated heterocycles. The molecule has 2 unspecified atom stereocenters. The molecule has 3 aliphatic heterocycles. The van der Waals surface area contributed by atoms with Crippen LogP contribution in [0, 0.1) is 11.6 Å². The number of anilines is 1. The lowest BCUT2D eigenvalue weighted by Gasteiger charge is -2.47. The van der Waals surface area contributed by atoms with Gasteiger partial charge in [-0.25, -0.2) is 13.6 Å². The summed E-state index contributed by atoms with van der Waals surface area (Å²) in [6.45, 7) is 4.67. The number of pyridine rings is 1. The number of benzene rings is 1. The standard InChI is InChI=1S/C18H17F2N3O3/c1-2-22-8-12(18(25)26)17(24)11-5-13(19)16(14(20)15(11)22)23-7-9-3-4-10(23)6-21-9/h2,5,8-10,21H,1,3-4,6-7H2,(H,25,26). The van der Waals surface area contributed by atoms with Crippen molar-refractivity contribution in [1.82, 2.24) is 9.88 Å². The summed E-state index contributed by atoms with van der Waals surface area (Å²) in [6, 6.07) is 1.08. The maximum Gasteiger partial charge on any atom is 0.341 e. The molecule has 2 bridgehead atoms. The molecule has 8 heteroatoms. The van der Waals surface area contributed by atoms with Gasteiger partial charge in [0.1, 0.15) is 17.1 Å². The molecule has 4 heterocycles. The average Bonchev–Trinajstić information content (AvgIpc) is 2.63. The van der Waals surface area contributed by atoms with E-state index in [1.54, 1.807) is 4.90 Å². The Morgan fingerprint density at radius 3 is 2.69 bits per heavy atom. The van der Waals surface area contributed by atoms with E-state index in [9.17, 15) is 14.0 Å². The van der Waals surface area contributed by atoms with Crippen LogP contribution in [0.25, 0.3) is 17.1 Å². The third-order valence-electron chi connectivity index (χ3n) is 5.25. The molecule has 5 rings (SSSR count). The third kappa shape index (κ3) is 2.33. The van der Waals surface area contributed by atoms with Gasteiger partial charge in [-0.15, -0.1) is 0 Å². The molecule has 3 aliphatic rings. The highest BCUT2D eigenvalue weighted by Crippen LogP contribution is 2.35. The van der Waals surface area contributed by atoms with Crippen molar-refractivity contribution in [2.45, 2.75) is 24.9 Å². The van der Waals surface area contributed by atoms with Crippen LogP contribution in [-0.2, 0) is 0 Å². The first-order valence-corrected chi connectivity index (χ1v) is 8.35. The van der Waals surface area contributed by atoms with E-state index in [1.807, 2.05) is 0 Å². The summed E-state index contributed by atoms with van der Waals surface area (Å²) >= 11 is 0. The summed E-state index contributed by atoms with van der Waals surface area (Å²) in [5.41, 5.74) is -1.82. The van der Waals surface area contributed by atoms with Crippen molar-refractivity contribution in [1.29, 1.82) is 0 Å². The van der Waals surface area contributed by atoms with Gasteiger partial charge in [-0.05, 0) is 18.9 Å². The molecule has 0 aliphatic carbocycles. The van der Waals surface area contributed by atoms with E-state index in [0.717, 1.165) is 29.7 Å². The Bertz CT molecular complexity index is 994. The highest BCUT2D eigenvalue weighted by Gasteiger charge is 2.37. The highest BCUT2D eigenvalue weighted by molar-refractivity contribution is 5.94. The number of carbonyl (C=O) groups is 1. The van der Waals surface area contributed by atoms with Gasteiger partial charge in [0, 0.05) is 37.6 Å². The largest absolute Gasteiger partial charge is 0.477 e. The van der Waals surface area contributed by atoms with E-state index in [0.29, 0.717) is 13.1 Å². The summed E-state index contributed by atoms with van der Waals surface area (Å²) in [7, 11) is 0. The van der Waals surface area contributed by atoms with Gasteiger partial charge in [-0.2, -0.15) is 0 Å². The highest BCUT2D eigenvalue weighted by atomic mass is 19.1. The minimum absolute atomic E-state index is 0.0244. The fourth-order valence-electron chi connectivity index (χ4n) is 3.97. The van der Waals surface area contributed by atoms with E-state index in [2.05, 4.69) is 11.9 Å². The zero-order valence-electron chi connectivity index (χ0n) is 13.8. The predicted octanol–water partition coefficient (Wildman–Crippen LogP) is 2.02. The zero-order valence-corrected chi connectivity index (χ0v) is 13.8. The van der Waals surface area contributed by atoms with Crippen LogP contribution in [0.15, 0.2) is 23.6 Å². The molecule has 2 aromatic rings. The summed E-state index contributed by atoms with van der Waals surface area (Å²) in [5, 5.41) is 12.2. The Morgan fingerprint density at radius 1 is 1.38 bits per heavy atom. The SMILES string of the molecule is C=Cn1cc(C(=O)O)c(=O)c2cc(F)c(N3CC4CCC3CN4)c(F)c21. The number of fused-ring (bicyclic) bond motifs is 4. The molecule has 26 heavy (non-hydrogen) atoms. The normalized spacial score (nSPS) is 22.0. The molecule has 1 aromatic heterocycles. The molecule has 0 amide bonds. The molecule has 2 N–H and O–H groups in total. The number of aromatic carboxylic acids is 1. The van der Waals surface area contributed by atoms with Crippen LogP contribution >= 0.6 is 0 Å². The lowest BCUT2D eigenvalue weighted by Crippen LogP contribution is -2.61. The number of halogens is 2. The number of carboxylic acids is 1. The molecule has 3 fully saturated rings. The Kier molecular flexibility index (Phi) is 3.80. The smallest absolute Gasteiger partial charge is 0.341 e. The van der Waals surface area contributed by atoms with Gasteiger partial charge >= 0.3 is 5.97 Å². The van der Waals surface area contributed by atoms with Gasteiger partial charge in [0.05, 0.1) is 10.9 Å². The fraction of sp³-hybridized carbons (Fsp3) is 0.333. The van der Waals surface area contributed by atoms with Crippen molar-refractivity contribution in [3.63, 3.8) is 0 Å². The molecule has 136 valence electrons. The lowest BCUT2D eigenvalue weighted by molar-refractivity contribution is 0.0695. The molecular weight excluding hydrogens is 344 g/mol. The van der Waals surface area contributed by atoms with Crippen molar-refractivity contribution in [2.24, 2.45) is 0 Å². The quantitative estimate of drug-likeness (QED) is 0.875. The number of hydrogen-bond donors (Lipinski definition) is 2. The topological polar surface area (TPSA) is 74.6 Å². The second-order valence-corrected chi connectivity index (χ2v) is 6.67. The van der Waals surface area contributed by atoms with Gasteiger partial charge in [-0.3, -0.25) is 4.79 Å². The summed E-state index contributed by atoms with van der Waals surface area (Å²) < 4.78 is 31.3. The third-order valence-corrected chi connectivity index (χ3v) is 5.25. The molecule has 0 saturated carbocycles. The van der Waals surface area contributed by atoms with Crippen LogP contribution in [0.2, 0.25) is 0 Å². The first-order chi connectivity index (χ1) is 12.4. The van der Waals surface area contributed by atoms with E-state index in [-0.39, 0.29) is 28.7 Å². The second kappa shape index (κ2) is 5.91. The lowest BCUT2D eigenvalue weighted by atomic mass is 9.92. The summed E-state index contributed by atoms with van der Waals surface area (Å²) in [6.07, 6.45) is 4.00. The molecule has 2 atom stereocenters. The molecule has 1 aromatic carbocycles. The van der Waals surface area contributed by atoms with Crippen LogP contribution in [-0.4, -0.2) is 40.8 Å². The van der Waals surface area contributed by atoms with E-state index < -0.39 is 28.6 Å². The Balaban J connectivity index is 2.00. The monoisotopic (exact) mass is 361 g/mol. The van der Waals surface area contributed by atoms with Crippen LogP contribution in [0.5, 0.6) is 0 Å². The minimum Gasteiger partial charge on any atom is -0.477 e. The second-order valence-electron chi connectivity index (χ2n) is 6.67. The van der Waals surface area contributed by atoms with Gasteiger partial charge in [0.15, 0.2) is 5.82 Å². The molecule has 6 nitrogen and oxygen atoms in total. The van der Waals surface area contributed by atoms with Crippen LogP contribution < -0.4 is 15.6 Å². The van der Waals surface area contributed by atoms with Crippen molar-refractivity contribution in [2.75, 3.05) is 18.0 Å². The average molecular weight is 361 g/mol. The Hall–Kier alpha value is -2.74. The number of rotatable bonds is 3. The molecular formula is C18H17F2N3O3. The first-order valence-electron chi connectivity index (χ1n) is 8.35. The van der Waals surface area contributed by atoms with E-state index >= 15 is 4.39 Å². The van der Waals surface area contributed by atoms with Crippen molar-refractivity contribution < 1.29 is 18.7 Å². The summed E-state index contributed by atoms with van der Waals surface area (Å²) in [4.78, 5) is 25.3. The zero-order chi connectivity index (χ0) is 18.6. The Morgan fingerprint density at radius 2 is 2.15 bits per heavy atom. The van der Waals surface area contributed by atoms with E-state index in [4.69, 9.17) is 5.11 Å². The van der Waals surface area contributed by atoms with Crippen molar-refractivity contribution in [3.8, 4) is 0 Å². The van der Waals surface area contributed by atoms with Crippen LogP contribution in [0.3, 0.4) is 0 Å². The van der Waals surface area contributed by atoms with Crippen molar-refractivity contribution in [3.05, 3.63) is 46.3 Å². The molecule has 0 radical (unpaired) electrons. The maximum absolute atomic E-state index is 15.3. The fourth-order valence-corrected chi connectivity index (χ4v) is 3.97. The number of piperidine rings is 2. The number of carboxylic acid groups (broad SMARTS) is 1.